The van der Waals surface area contributed by atoms with E-state index >= 15 is 0 Å². The molecule has 6 heteroatoms. The number of halogens is 1. The van der Waals surface area contributed by atoms with Crippen LogP contribution in [0.4, 0.5) is 5.69 Å². The first kappa shape index (κ1) is 14.6. The standard InChI is InChI=1S/C13H19ClN2O2S/c14-11-4-6-13(7-5-11)16-19(17,18)10-8-12-3-1-2-9-15-12/h4-7,12,15-16H,1-3,8-10H2. The summed E-state index contributed by atoms with van der Waals surface area (Å²) in [7, 11) is -3.28. The van der Waals surface area contributed by atoms with Crippen molar-refractivity contribution in [1.29, 1.82) is 0 Å². The Morgan fingerprint density at radius 2 is 2.00 bits per heavy atom. The van der Waals surface area contributed by atoms with E-state index in [1.807, 2.05) is 0 Å². The fraction of sp³-hybridized carbons (Fsp3) is 0.538. The lowest BCUT2D eigenvalue weighted by molar-refractivity contribution is 0.393. The van der Waals surface area contributed by atoms with Crippen LogP contribution in [-0.2, 0) is 10.0 Å². The van der Waals surface area contributed by atoms with Crippen LogP contribution in [0.2, 0.25) is 5.02 Å². The first-order valence-electron chi connectivity index (χ1n) is 6.55. The SMILES string of the molecule is O=S(=O)(CCC1CCCCN1)Nc1ccc(Cl)cc1. The molecule has 1 saturated heterocycles. The predicted molar refractivity (Wildman–Crippen MR) is 79.1 cm³/mol. The van der Waals surface area contributed by atoms with Crippen LogP contribution in [0, 0.1) is 0 Å². The van der Waals surface area contributed by atoms with Crippen molar-refractivity contribution < 1.29 is 8.42 Å². The number of anilines is 1. The number of benzene rings is 1. The lowest BCUT2D eigenvalue weighted by Crippen LogP contribution is -2.36. The van der Waals surface area contributed by atoms with Gasteiger partial charge in [0.1, 0.15) is 0 Å². The minimum atomic E-state index is -3.28. The zero-order chi connectivity index (χ0) is 13.7. The molecule has 1 aliphatic heterocycles. The van der Waals surface area contributed by atoms with Gasteiger partial charge >= 0.3 is 0 Å². The Labute approximate surface area is 119 Å². The van der Waals surface area contributed by atoms with Gasteiger partial charge in [-0.3, -0.25) is 4.72 Å². The number of hydrogen-bond donors (Lipinski definition) is 2. The van der Waals surface area contributed by atoms with Crippen LogP contribution in [0.25, 0.3) is 0 Å². The highest BCUT2D eigenvalue weighted by Crippen LogP contribution is 2.16. The molecule has 1 aromatic rings. The Balaban J connectivity index is 1.85. The number of sulfonamides is 1. The maximum Gasteiger partial charge on any atom is 0.232 e. The van der Waals surface area contributed by atoms with Gasteiger partial charge in [-0.1, -0.05) is 18.0 Å². The number of rotatable bonds is 5. The summed E-state index contributed by atoms with van der Waals surface area (Å²) in [4.78, 5) is 0. The Bertz CT molecular complexity index is 496. The molecule has 0 bridgehead atoms. The molecule has 1 aromatic carbocycles. The van der Waals surface area contributed by atoms with Gasteiger partial charge in [-0.05, 0) is 50.1 Å². The summed E-state index contributed by atoms with van der Waals surface area (Å²) in [6.45, 7) is 0.995. The summed E-state index contributed by atoms with van der Waals surface area (Å²) in [5.41, 5.74) is 0.556. The van der Waals surface area contributed by atoms with Crippen LogP contribution in [0.15, 0.2) is 24.3 Å². The molecular weight excluding hydrogens is 284 g/mol. The summed E-state index contributed by atoms with van der Waals surface area (Å²) >= 11 is 5.76. The van der Waals surface area contributed by atoms with Crippen molar-refractivity contribution in [1.82, 2.24) is 5.32 Å². The van der Waals surface area contributed by atoms with Crippen LogP contribution in [0.1, 0.15) is 25.7 Å². The van der Waals surface area contributed by atoms with E-state index in [-0.39, 0.29) is 5.75 Å². The highest BCUT2D eigenvalue weighted by atomic mass is 35.5. The Morgan fingerprint density at radius 1 is 1.26 bits per heavy atom. The zero-order valence-electron chi connectivity index (χ0n) is 10.7. The van der Waals surface area contributed by atoms with Crippen molar-refractivity contribution in [2.45, 2.75) is 31.7 Å². The highest BCUT2D eigenvalue weighted by molar-refractivity contribution is 7.92. The second-order valence-corrected chi connectivity index (χ2v) is 7.14. The molecule has 0 saturated carbocycles. The Hall–Kier alpha value is -0.780. The first-order chi connectivity index (χ1) is 9.05. The maximum absolute atomic E-state index is 12.0. The molecule has 1 aliphatic rings. The summed E-state index contributed by atoms with van der Waals surface area (Å²) in [5, 5.41) is 3.95. The molecule has 0 spiro atoms. The van der Waals surface area contributed by atoms with Gasteiger partial charge in [0.05, 0.1) is 5.75 Å². The normalized spacial score (nSPS) is 20.2. The molecule has 2 rings (SSSR count). The van der Waals surface area contributed by atoms with Crippen LogP contribution < -0.4 is 10.0 Å². The molecule has 1 unspecified atom stereocenters. The van der Waals surface area contributed by atoms with Crippen LogP contribution in [0.3, 0.4) is 0 Å². The summed E-state index contributed by atoms with van der Waals surface area (Å²) in [5.74, 6) is 0.146. The van der Waals surface area contributed by atoms with Gasteiger partial charge in [-0.15, -0.1) is 0 Å². The largest absolute Gasteiger partial charge is 0.314 e. The smallest absolute Gasteiger partial charge is 0.232 e. The third-order valence-electron chi connectivity index (χ3n) is 3.26. The molecule has 4 nitrogen and oxygen atoms in total. The van der Waals surface area contributed by atoms with Gasteiger partial charge in [-0.2, -0.15) is 0 Å². The molecule has 0 radical (unpaired) electrons. The highest BCUT2D eigenvalue weighted by Gasteiger charge is 2.17. The fourth-order valence-electron chi connectivity index (χ4n) is 2.22. The minimum absolute atomic E-state index is 0.146. The van der Waals surface area contributed by atoms with Gasteiger partial charge in [0.15, 0.2) is 0 Å². The van der Waals surface area contributed by atoms with E-state index in [0.29, 0.717) is 23.2 Å². The molecule has 106 valence electrons. The lowest BCUT2D eigenvalue weighted by atomic mass is 10.0. The van der Waals surface area contributed by atoms with Gasteiger partial charge < -0.3 is 5.32 Å². The van der Waals surface area contributed by atoms with Crippen molar-refractivity contribution in [3.05, 3.63) is 29.3 Å². The van der Waals surface area contributed by atoms with Crippen LogP contribution >= 0.6 is 11.6 Å². The Kier molecular flexibility index (Phi) is 5.07. The van der Waals surface area contributed by atoms with Crippen LogP contribution in [0.5, 0.6) is 0 Å². The van der Waals surface area contributed by atoms with Crippen molar-refractivity contribution in [3.8, 4) is 0 Å². The van der Waals surface area contributed by atoms with E-state index in [1.165, 1.54) is 12.8 Å². The molecule has 1 atom stereocenters. The van der Waals surface area contributed by atoms with E-state index in [2.05, 4.69) is 10.0 Å². The molecular formula is C13H19ClN2O2S. The van der Waals surface area contributed by atoms with Gasteiger partial charge in [0.25, 0.3) is 0 Å². The van der Waals surface area contributed by atoms with Crippen molar-refractivity contribution in [3.63, 3.8) is 0 Å². The molecule has 19 heavy (non-hydrogen) atoms. The predicted octanol–water partition coefficient (Wildman–Crippen LogP) is 2.61. The molecule has 1 heterocycles. The van der Waals surface area contributed by atoms with E-state index in [4.69, 9.17) is 11.6 Å². The average Bonchev–Trinajstić information content (AvgIpc) is 2.40. The topological polar surface area (TPSA) is 58.2 Å². The molecule has 0 aromatic heterocycles. The lowest BCUT2D eigenvalue weighted by Gasteiger charge is -2.23. The van der Waals surface area contributed by atoms with Crippen molar-refractivity contribution in [2.75, 3.05) is 17.0 Å². The van der Waals surface area contributed by atoms with Gasteiger partial charge in [0.2, 0.25) is 10.0 Å². The number of piperidine rings is 1. The second kappa shape index (κ2) is 6.59. The third kappa shape index (κ3) is 5.01. The van der Waals surface area contributed by atoms with Crippen LogP contribution in [-0.4, -0.2) is 26.8 Å². The number of nitrogens with one attached hydrogen (secondary N) is 2. The molecule has 2 N–H and O–H groups in total. The second-order valence-electron chi connectivity index (χ2n) is 4.86. The number of hydrogen-bond acceptors (Lipinski definition) is 3. The summed E-state index contributed by atoms with van der Waals surface area (Å²) in [6.07, 6.45) is 4.09. The van der Waals surface area contributed by atoms with E-state index in [1.54, 1.807) is 24.3 Å². The molecule has 1 fully saturated rings. The maximum atomic E-state index is 12.0. The fourth-order valence-corrected chi connectivity index (χ4v) is 3.53. The van der Waals surface area contributed by atoms with Crippen molar-refractivity contribution in [2.24, 2.45) is 0 Å². The zero-order valence-corrected chi connectivity index (χ0v) is 12.3. The monoisotopic (exact) mass is 302 g/mol. The van der Waals surface area contributed by atoms with E-state index in [9.17, 15) is 8.42 Å². The Morgan fingerprint density at radius 3 is 2.63 bits per heavy atom. The van der Waals surface area contributed by atoms with E-state index < -0.39 is 10.0 Å². The molecule has 0 aliphatic carbocycles. The molecule has 0 amide bonds. The summed E-state index contributed by atoms with van der Waals surface area (Å²) in [6, 6.07) is 7.00. The third-order valence-corrected chi connectivity index (χ3v) is 4.84. The van der Waals surface area contributed by atoms with Gasteiger partial charge in [-0.25, -0.2) is 8.42 Å². The van der Waals surface area contributed by atoms with Gasteiger partial charge in [0, 0.05) is 16.8 Å². The average molecular weight is 303 g/mol. The van der Waals surface area contributed by atoms with Crippen molar-refractivity contribution >= 4 is 27.3 Å². The quantitative estimate of drug-likeness (QED) is 0.879. The summed E-state index contributed by atoms with van der Waals surface area (Å²) < 4.78 is 26.5. The van der Waals surface area contributed by atoms with E-state index in [0.717, 1.165) is 13.0 Å². The minimum Gasteiger partial charge on any atom is -0.314 e. The first-order valence-corrected chi connectivity index (χ1v) is 8.58.